The normalized spacial score (nSPS) is 33.0. The second-order valence-electron chi connectivity index (χ2n) is 7.86. The average Bonchev–Trinajstić information content (AvgIpc) is 2.46. The van der Waals surface area contributed by atoms with E-state index < -0.39 is 0 Å². The SMILES string of the molecule is CC(CCC(C)C1CCCCC1C)C1CCCCC1. The monoisotopic (exact) mass is 264 g/mol. The van der Waals surface area contributed by atoms with Crippen molar-refractivity contribution in [3.63, 3.8) is 0 Å². The zero-order valence-corrected chi connectivity index (χ0v) is 13.7. The lowest BCUT2D eigenvalue weighted by Crippen LogP contribution is -2.24. The molecule has 0 N–H and O–H groups in total. The molecule has 0 nitrogen and oxygen atoms in total. The van der Waals surface area contributed by atoms with E-state index >= 15 is 0 Å². The maximum absolute atomic E-state index is 2.54. The maximum atomic E-state index is 2.54. The molecule has 112 valence electrons. The van der Waals surface area contributed by atoms with Crippen LogP contribution in [0.4, 0.5) is 0 Å². The molecule has 2 rings (SSSR count). The van der Waals surface area contributed by atoms with Gasteiger partial charge in [0, 0.05) is 0 Å². The Bertz CT molecular complexity index is 238. The van der Waals surface area contributed by atoms with Crippen LogP contribution < -0.4 is 0 Å². The van der Waals surface area contributed by atoms with Gasteiger partial charge in [0.05, 0.1) is 0 Å². The first kappa shape index (κ1) is 15.4. The standard InChI is InChI=1S/C19H36/c1-15(18-10-5-4-6-11-18)13-14-17(3)19-12-8-7-9-16(19)2/h15-19H,4-14H2,1-3H3. The maximum Gasteiger partial charge on any atom is -0.0363 e. The van der Waals surface area contributed by atoms with Crippen LogP contribution in [0.15, 0.2) is 0 Å². The first-order valence-corrected chi connectivity index (χ1v) is 9.18. The molecule has 0 saturated heterocycles. The van der Waals surface area contributed by atoms with Gasteiger partial charge in [-0.15, -0.1) is 0 Å². The van der Waals surface area contributed by atoms with E-state index in [2.05, 4.69) is 20.8 Å². The van der Waals surface area contributed by atoms with E-state index in [0.717, 1.165) is 29.6 Å². The van der Waals surface area contributed by atoms with Crippen LogP contribution in [-0.2, 0) is 0 Å². The number of rotatable bonds is 5. The van der Waals surface area contributed by atoms with Crippen molar-refractivity contribution in [1.82, 2.24) is 0 Å². The highest BCUT2D eigenvalue weighted by molar-refractivity contribution is 4.78. The van der Waals surface area contributed by atoms with E-state index in [0.29, 0.717) is 0 Å². The van der Waals surface area contributed by atoms with Gasteiger partial charge in [-0.1, -0.05) is 85.0 Å². The van der Waals surface area contributed by atoms with Crippen molar-refractivity contribution in [2.45, 2.75) is 91.4 Å². The highest BCUT2D eigenvalue weighted by Crippen LogP contribution is 2.38. The van der Waals surface area contributed by atoms with E-state index in [1.807, 2.05) is 0 Å². The van der Waals surface area contributed by atoms with Gasteiger partial charge in [0.25, 0.3) is 0 Å². The minimum atomic E-state index is 0.973. The van der Waals surface area contributed by atoms with Gasteiger partial charge in [0.15, 0.2) is 0 Å². The third-order valence-electron chi connectivity index (χ3n) is 6.44. The van der Waals surface area contributed by atoms with E-state index in [9.17, 15) is 0 Å². The molecular weight excluding hydrogens is 228 g/mol. The van der Waals surface area contributed by atoms with Crippen molar-refractivity contribution in [1.29, 1.82) is 0 Å². The fourth-order valence-corrected chi connectivity index (χ4v) is 4.87. The van der Waals surface area contributed by atoms with Crippen molar-refractivity contribution in [2.24, 2.45) is 29.6 Å². The zero-order valence-electron chi connectivity index (χ0n) is 13.7. The van der Waals surface area contributed by atoms with Gasteiger partial charge in [-0.05, 0) is 36.0 Å². The van der Waals surface area contributed by atoms with Crippen LogP contribution in [0.2, 0.25) is 0 Å². The summed E-state index contributed by atoms with van der Waals surface area (Å²) < 4.78 is 0. The Kier molecular flexibility index (Phi) is 6.23. The molecule has 4 atom stereocenters. The van der Waals surface area contributed by atoms with Crippen molar-refractivity contribution >= 4 is 0 Å². The van der Waals surface area contributed by atoms with Crippen LogP contribution in [0.1, 0.15) is 91.4 Å². The average molecular weight is 264 g/mol. The lowest BCUT2D eigenvalue weighted by Gasteiger charge is -2.35. The van der Waals surface area contributed by atoms with Crippen LogP contribution in [0, 0.1) is 29.6 Å². The summed E-state index contributed by atoms with van der Waals surface area (Å²) in [6.07, 6.45) is 16.5. The topological polar surface area (TPSA) is 0 Å². The molecule has 4 unspecified atom stereocenters. The summed E-state index contributed by atoms with van der Waals surface area (Å²) in [6, 6.07) is 0. The van der Waals surface area contributed by atoms with Crippen molar-refractivity contribution in [3.05, 3.63) is 0 Å². The van der Waals surface area contributed by atoms with Crippen LogP contribution in [0.25, 0.3) is 0 Å². The molecule has 19 heavy (non-hydrogen) atoms. The molecule has 0 heterocycles. The molecule has 0 aromatic rings. The molecule has 0 radical (unpaired) electrons. The van der Waals surface area contributed by atoms with Gasteiger partial charge < -0.3 is 0 Å². The highest BCUT2D eigenvalue weighted by atomic mass is 14.3. The molecule has 2 saturated carbocycles. The minimum Gasteiger partial charge on any atom is -0.0622 e. The predicted octanol–water partition coefficient (Wildman–Crippen LogP) is 6.45. The molecule has 2 fully saturated rings. The van der Waals surface area contributed by atoms with Crippen LogP contribution >= 0.6 is 0 Å². The summed E-state index contributed by atoms with van der Waals surface area (Å²) in [4.78, 5) is 0. The van der Waals surface area contributed by atoms with Gasteiger partial charge in [0.1, 0.15) is 0 Å². The largest absolute Gasteiger partial charge is 0.0622 e. The second kappa shape index (κ2) is 7.70. The highest BCUT2D eigenvalue weighted by Gasteiger charge is 2.27. The summed E-state index contributed by atoms with van der Waals surface area (Å²) in [7, 11) is 0. The second-order valence-corrected chi connectivity index (χ2v) is 7.86. The first-order chi connectivity index (χ1) is 9.18. The molecule has 0 aromatic carbocycles. The Morgan fingerprint density at radius 2 is 1.32 bits per heavy atom. The molecule has 0 amide bonds. The Labute approximate surface area is 121 Å². The van der Waals surface area contributed by atoms with E-state index in [1.165, 1.54) is 70.6 Å². The summed E-state index contributed by atoms with van der Waals surface area (Å²) in [6.45, 7) is 7.58. The molecule has 2 aliphatic carbocycles. The predicted molar refractivity (Wildman–Crippen MR) is 85.3 cm³/mol. The van der Waals surface area contributed by atoms with Gasteiger partial charge in [0.2, 0.25) is 0 Å². The van der Waals surface area contributed by atoms with Crippen LogP contribution in [0.3, 0.4) is 0 Å². The quantitative estimate of drug-likeness (QED) is 0.535. The fourth-order valence-electron chi connectivity index (χ4n) is 4.87. The third-order valence-corrected chi connectivity index (χ3v) is 6.44. The van der Waals surface area contributed by atoms with Crippen LogP contribution in [0.5, 0.6) is 0 Å². The summed E-state index contributed by atoms with van der Waals surface area (Å²) >= 11 is 0. The first-order valence-electron chi connectivity index (χ1n) is 9.18. The van der Waals surface area contributed by atoms with Gasteiger partial charge >= 0.3 is 0 Å². The Morgan fingerprint density at radius 1 is 0.737 bits per heavy atom. The summed E-state index contributed by atoms with van der Waals surface area (Å²) in [5, 5.41) is 0. The Morgan fingerprint density at radius 3 is 2.00 bits per heavy atom. The van der Waals surface area contributed by atoms with Gasteiger partial charge in [-0.3, -0.25) is 0 Å². The molecular formula is C19H36. The molecule has 0 aromatic heterocycles. The van der Waals surface area contributed by atoms with Crippen molar-refractivity contribution < 1.29 is 0 Å². The zero-order chi connectivity index (χ0) is 13.7. The fraction of sp³-hybridized carbons (Fsp3) is 1.00. The van der Waals surface area contributed by atoms with E-state index in [-0.39, 0.29) is 0 Å². The molecule has 0 aliphatic heterocycles. The minimum absolute atomic E-state index is 0.973. The lowest BCUT2D eigenvalue weighted by molar-refractivity contribution is 0.160. The number of hydrogen-bond donors (Lipinski definition) is 0. The van der Waals surface area contributed by atoms with Gasteiger partial charge in [-0.2, -0.15) is 0 Å². The van der Waals surface area contributed by atoms with Gasteiger partial charge in [-0.25, -0.2) is 0 Å². The van der Waals surface area contributed by atoms with Crippen molar-refractivity contribution in [3.8, 4) is 0 Å². The number of hydrogen-bond acceptors (Lipinski definition) is 0. The van der Waals surface area contributed by atoms with Crippen LogP contribution in [-0.4, -0.2) is 0 Å². The molecule has 0 heteroatoms. The Hall–Kier alpha value is 0. The lowest BCUT2D eigenvalue weighted by atomic mass is 9.71. The molecule has 0 bridgehead atoms. The molecule has 0 spiro atoms. The molecule has 2 aliphatic rings. The van der Waals surface area contributed by atoms with Crippen molar-refractivity contribution in [2.75, 3.05) is 0 Å². The summed E-state index contributed by atoms with van der Waals surface area (Å²) in [5.74, 6) is 5.05. The summed E-state index contributed by atoms with van der Waals surface area (Å²) in [5.41, 5.74) is 0. The van der Waals surface area contributed by atoms with E-state index in [1.54, 1.807) is 0 Å². The van der Waals surface area contributed by atoms with E-state index in [4.69, 9.17) is 0 Å². The smallest absolute Gasteiger partial charge is 0.0363 e. The Balaban J connectivity index is 1.71. The third kappa shape index (κ3) is 4.50.